The number of rotatable bonds is 5. The predicted molar refractivity (Wildman–Crippen MR) is 85.9 cm³/mol. The molecule has 2 rings (SSSR count). The van der Waals surface area contributed by atoms with Crippen molar-refractivity contribution in [3.8, 4) is 0 Å². The minimum Gasteiger partial charge on any atom is -0.466 e. The Morgan fingerprint density at radius 3 is 3.00 bits per heavy atom. The molecule has 1 amide bonds. The van der Waals surface area contributed by atoms with E-state index in [0.29, 0.717) is 6.54 Å². The summed E-state index contributed by atoms with van der Waals surface area (Å²) in [6.45, 7) is 3.65. The van der Waals surface area contributed by atoms with Gasteiger partial charge in [-0.05, 0) is 19.3 Å². The normalized spacial score (nSPS) is 18.0. The molecule has 1 saturated heterocycles. The first-order chi connectivity index (χ1) is 11.1. The average molecular weight is 318 g/mol. The summed E-state index contributed by atoms with van der Waals surface area (Å²) in [5.41, 5.74) is 1.00. The van der Waals surface area contributed by atoms with Crippen molar-refractivity contribution in [3.05, 3.63) is 30.2 Å². The quantitative estimate of drug-likeness (QED) is 0.640. The van der Waals surface area contributed by atoms with Gasteiger partial charge in [0.15, 0.2) is 0 Å². The van der Waals surface area contributed by atoms with Gasteiger partial charge >= 0.3 is 5.97 Å². The van der Waals surface area contributed by atoms with Crippen LogP contribution in [0.25, 0.3) is 0 Å². The summed E-state index contributed by atoms with van der Waals surface area (Å²) in [5, 5.41) is 2.91. The number of amides is 1. The Bertz CT molecular complexity index is 588. The van der Waals surface area contributed by atoms with E-state index in [2.05, 4.69) is 31.8 Å². The van der Waals surface area contributed by atoms with E-state index in [1.165, 1.54) is 13.2 Å². The highest BCUT2D eigenvalue weighted by atomic mass is 16.5. The number of ether oxygens (including phenoxy) is 1. The van der Waals surface area contributed by atoms with Crippen LogP contribution >= 0.6 is 0 Å². The zero-order valence-electron chi connectivity index (χ0n) is 13.5. The van der Waals surface area contributed by atoms with Gasteiger partial charge in [0.2, 0.25) is 5.91 Å². The zero-order chi connectivity index (χ0) is 16.7. The Morgan fingerprint density at radius 2 is 2.26 bits per heavy atom. The Morgan fingerprint density at radius 1 is 1.43 bits per heavy atom. The highest BCUT2D eigenvalue weighted by Gasteiger charge is 2.22. The molecule has 1 fully saturated rings. The standard InChI is InChI=1S/C16H22N4O3/c1-3-12-9-14(18-11-17-12)20-8-4-5-13(10-20)19-15(21)6-7-16(22)23-2/h6-7,9,11,13H,3-5,8,10H2,1-2H3,(H,19,21)/b7-6+. The van der Waals surface area contributed by atoms with Gasteiger partial charge in [0.05, 0.1) is 7.11 Å². The molecule has 2 heterocycles. The van der Waals surface area contributed by atoms with Crippen LogP contribution in [0.5, 0.6) is 0 Å². The molecule has 7 nitrogen and oxygen atoms in total. The number of esters is 1. The third-order valence-corrected chi connectivity index (χ3v) is 3.74. The highest BCUT2D eigenvalue weighted by molar-refractivity contribution is 5.94. The summed E-state index contributed by atoms with van der Waals surface area (Å²) in [6, 6.07) is 2.01. The molecule has 23 heavy (non-hydrogen) atoms. The van der Waals surface area contributed by atoms with Gasteiger partial charge in [0, 0.05) is 43.0 Å². The number of carbonyl (C=O) groups is 2. The van der Waals surface area contributed by atoms with Crippen LogP contribution in [0.4, 0.5) is 5.82 Å². The first-order valence-electron chi connectivity index (χ1n) is 7.74. The molecule has 1 aliphatic heterocycles. The Balaban J connectivity index is 1.94. The molecular formula is C16H22N4O3. The van der Waals surface area contributed by atoms with E-state index in [4.69, 9.17) is 0 Å². The molecule has 0 aromatic carbocycles. The van der Waals surface area contributed by atoms with Crippen molar-refractivity contribution in [1.82, 2.24) is 15.3 Å². The zero-order valence-corrected chi connectivity index (χ0v) is 13.5. The van der Waals surface area contributed by atoms with Crippen LogP contribution in [0.2, 0.25) is 0 Å². The largest absolute Gasteiger partial charge is 0.466 e. The van der Waals surface area contributed by atoms with Gasteiger partial charge in [-0.2, -0.15) is 0 Å². The Hall–Kier alpha value is -2.44. The van der Waals surface area contributed by atoms with Crippen molar-refractivity contribution < 1.29 is 14.3 Å². The molecular weight excluding hydrogens is 296 g/mol. The number of nitrogens with one attached hydrogen (secondary N) is 1. The number of hydrogen-bond acceptors (Lipinski definition) is 6. The van der Waals surface area contributed by atoms with Crippen molar-refractivity contribution in [1.29, 1.82) is 0 Å². The number of aromatic nitrogens is 2. The lowest BCUT2D eigenvalue weighted by Crippen LogP contribution is -2.47. The van der Waals surface area contributed by atoms with Gasteiger partial charge in [-0.25, -0.2) is 14.8 Å². The van der Waals surface area contributed by atoms with E-state index in [-0.39, 0.29) is 11.9 Å². The molecule has 0 aliphatic carbocycles. The number of anilines is 1. The summed E-state index contributed by atoms with van der Waals surface area (Å²) in [6.07, 6.45) is 6.63. The van der Waals surface area contributed by atoms with Crippen LogP contribution in [0.1, 0.15) is 25.5 Å². The van der Waals surface area contributed by atoms with Gasteiger partial charge in [-0.15, -0.1) is 0 Å². The third-order valence-electron chi connectivity index (χ3n) is 3.74. The van der Waals surface area contributed by atoms with E-state index >= 15 is 0 Å². The Labute approximate surface area is 135 Å². The van der Waals surface area contributed by atoms with Crippen molar-refractivity contribution in [2.75, 3.05) is 25.1 Å². The highest BCUT2D eigenvalue weighted by Crippen LogP contribution is 2.18. The second kappa shape index (κ2) is 8.26. The lowest BCUT2D eigenvalue weighted by Gasteiger charge is -2.33. The maximum atomic E-state index is 11.8. The van der Waals surface area contributed by atoms with E-state index in [1.807, 2.05) is 6.07 Å². The molecule has 124 valence electrons. The fourth-order valence-corrected chi connectivity index (χ4v) is 2.52. The number of aryl methyl sites for hydroxylation is 1. The lowest BCUT2D eigenvalue weighted by atomic mass is 10.1. The molecule has 0 spiro atoms. The molecule has 1 aromatic heterocycles. The van der Waals surface area contributed by atoms with E-state index < -0.39 is 5.97 Å². The monoisotopic (exact) mass is 318 g/mol. The molecule has 1 aliphatic rings. The SMILES string of the molecule is CCc1cc(N2CCCC(NC(=O)/C=C/C(=O)OC)C2)ncn1. The van der Waals surface area contributed by atoms with Gasteiger partial charge < -0.3 is 15.0 Å². The molecule has 1 unspecified atom stereocenters. The molecule has 1 atom stereocenters. The molecule has 7 heteroatoms. The molecule has 0 saturated carbocycles. The summed E-state index contributed by atoms with van der Waals surface area (Å²) in [7, 11) is 1.27. The average Bonchev–Trinajstić information content (AvgIpc) is 2.60. The summed E-state index contributed by atoms with van der Waals surface area (Å²) in [4.78, 5) is 33.5. The van der Waals surface area contributed by atoms with Crippen molar-refractivity contribution in [3.63, 3.8) is 0 Å². The van der Waals surface area contributed by atoms with Crippen LogP contribution in [0.15, 0.2) is 24.5 Å². The number of carbonyl (C=O) groups excluding carboxylic acids is 2. The maximum absolute atomic E-state index is 11.8. The van der Waals surface area contributed by atoms with E-state index in [9.17, 15) is 9.59 Å². The van der Waals surface area contributed by atoms with Crippen LogP contribution in [-0.2, 0) is 20.7 Å². The number of piperidine rings is 1. The van der Waals surface area contributed by atoms with Crippen LogP contribution in [0.3, 0.4) is 0 Å². The minimum absolute atomic E-state index is 0.0265. The van der Waals surface area contributed by atoms with Crippen LogP contribution < -0.4 is 10.2 Å². The molecule has 0 radical (unpaired) electrons. The van der Waals surface area contributed by atoms with E-state index in [0.717, 1.165) is 43.4 Å². The van der Waals surface area contributed by atoms with Crippen molar-refractivity contribution in [2.24, 2.45) is 0 Å². The predicted octanol–water partition coefficient (Wildman–Crippen LogP) is 0.853. The first-order valence-corrected chi connectivity index (χ1v) is 7.74. The van der Waals surface area contributed by atoms with Crippen molar-refractivity contribution in [2.45, 2.75) is 32.2 Å². The third kappa shape index (κ3) is 5.05. The van der Waals surface area contributed by atoms with Gasteiger partial charge in [-0.1, -0.05) is 6.92 Å². The van der Waals surface area contributed by atoms with Crippen LogP contribution in [-0.4, -0.2) is 48.1 Å². The molecule has 1 N–H and O–H groups in total. The number of nitrogens with zero attached hydrogens (tertiary/aromatic N) is 3. The minimum atomic E-state index is -0.543. The summed E-state index contributed by atoms with van der Waals surface area (Å²) >= 11 is 0. The number of methoxy groups -OCH3 is 1. The number of hydrogen-bond donors (Lipinski definition) is 1. The lowest BCUT2D eigenvalue weighted by molar-refractivity contribution is -0.135. The second-order valence-corrected chi connectivity index (χ2v) is 5.37. The van der Waals surface area contributed by atoms with Crippen molar-refractivity contribution >= 4 is 17.7 Å². The fourth-order valence-electron chi connectivity index (χ4n) is 2.52. The van der Waals surface area contributed by atoms with Gasteiger partial charge in [0.25, 0.3) is 0 Å². The van der Waals surface area contributed by atoms with Gasteiger partial charge in [0.1, 0.15) is 12.1 Å². The molecule has 0 bridgehead atoms. The van der Waals surface area contributed by atoms with Gasteiger partial charge in [-0.3, -0.25) is 4.79 Å². The molecule has 1 aromatic rings. The summed E-state index contributed by atoms with van der Waals surface area (Å²) < 4.78 is 4.46. The van der Waals surface area contributed by atoms with Crippen LogP contribution in [0, 0.1) is 0 Å². The Kier molecular flexibility index (Phi) is 6.08. The topological polar surface area (TPSA) is 84.4 Å². The van der Waals surface area contributed by atoms with E-state index in [1.54, 1.807) is 6.33 Å². The smallest absolute Gasteiger partial charge is 0.330 e. The first kappa shape index (κ1) is 16.9. The fraction of sp³-hybridized carbons (Fsp3) is 0.500. The summed E-state index contributed by atoms with van der Waals surface area (Å²) in [5.74, 6) is 0.0542. The maximum Gasteiger partial charge on any atom is 0.330 e. The second-order valence-electron chi connectivity index (χ2n) is 5.37.